The zero-order valence-corrected chi connectivity index (χ0v) is 31.3. The molecule has 4 heterocycles. The summed E-state index contributed by atoms with van der Waals surface area (Å²) in [6.45, 7) is 13.9. The average molecular weight is 702 g/mol. The number of rotatable bonds is 12. The molecule has 1 aliphatic carbocycles. The van der Waals surface area contributed by atoms with Gasteiger partial charge in [-0.3, -0.25) is 14.7 Å². The monoisotopic (exact) mass is 701 g/mol. The largest absolute Gasteiger partial charge is 0.444 e. The van der Waals surface area contributed by atoms with Crippen molar-refractivity contribution in [3.05, 3.63) is 76.2 Å². The van der Waals surface area contributed by atoms with Crippen LogP contribution < -0.4 is 25.9 Å². The zero-order chi connectivity index (χ0) is 36.3. The summed E-state index contributed by atoms with van der Waals surface area (Å²) in [5.74, 6) is -0.202. The first kappa shape index (κ1) is 36.7. The van der Waals surface area contributed by atoms with Gasteiger partial charge in [0.2, 0.25) is 0 Å². The number of nitrogens with zero attached hydrogens (tertiary/aromatic N) is 5. The van der Waals surface area contributed by atoms with Crippen LogP contribution in [0.2, 0.25) is 0 Å². The van der Waals surface area contributed by atoms with E-state index < -0.39 is 11.7 Å². The van der Waals surface area contributed by atoms with Crippen molar-refractivity contribution in [3.8, 4) is 0 Å². The van der Waals surface area contributed by atoms with Crippen LogP contribution in [0, 0.1) is 18.7 Å². The van der Waals surface area contributed by atoms with E-state index in [-0.39, 0.29) is 29.2 Å². The Bertz CT molecular complexity index is 1760. The summed E-state index contributed by atoms with van der Waals surface area (Å²) in [5.41, 5.74) is 3.51. The number of carbonyl (C=O) groups excluding carboxylic acids is 1. The molecule has 3 aromatic rings. The maximum absolute atomic E-state index is 16.0. The number of fused-ring (bicyclic) bond motifs is 1. The fourth-order valence-corrected chi connectivity index (χ4v) is 7.65. The standard InChI is InChI=1S/C40H56FN7O3/c1-27-11-12-32(22-43-27)45-17-8-10-33(26-45)47(28(2)9-7-16-42-6)24-30-25-48(31-13-14-31)36-20-37(35(41)19-34(36)38(30)49)46-18-15-29(23-46)21-44-39(50)51-40(3,4)5/h7,11-12,16,19-20,22,25,28-29,31,33,42H,8-10,13-15,17-18,21,23-24,26H2,1-6H3,(H,44,50)/b16-7-/t28?,29-,33-/m0/s1. The second kappa shape index (κ2) is 15.6. The van der Waals surface area contributed by atoms with E-state index >= 15 is 4.39 Å². The number of aryl methyl sites for hydroxylation is 1. The molecule has 1 amide bonds. The molecule has 2 saturated heterocycles. The molecule has 11 heteroatoms. The molecule has 1 saturated carbocycles. The quantitative estimate of drug-likeness (QED) is 0.221. The molecule has 2 aromatic heterocycles. The Balaban J connectivity index is 1.26. The van der Waals surface area contributed by atoms with Crippen LogP contribution in [-0.4, -0.2) is 78.0 Å². The molecule has 0 spiro atoms. The number of anilines is 2. The van der Waals surface area contributed by atoms with Crippen LogP contribution in [0.4, 0.5) is 20.6 Å². The van der Waals surface area contributed by atoms with Crippen molar-refractivity contribution >= 4 is 28.4 Å². The first-order valence-corrected chi connectivity index (χ1v) is 18.7. The van der Waals surface area contributed by atoms with E-state index in [9.17, 15) is 9.59 Å². The van der Waals surface area contributed by atoms with Crippen molar-refractivity contribution < 1.29 is 13.9 Å². The van der Waals surface area contributed by atoms with Crippen LogP contribution in [0.1, 0.15) is 83.5 Å². The van der Waals surface area contributed by atoms with Gasteiger partial charge in [-0.2, -0.15) is 0 Å². The number of alkyl carbamates (subject to hydrolysis) is 1. The number of hydrogen-bond acceptors (Lipinski definition) is 8. The third kappa shape index (κ3) is 9.04. The molecule has 3 atom stereocenters. The number of aromatic nitrogens is 2. The number of carbonyl (C=O) groups is 1. The lowest BCUT2D eigenvalue weighted by atomic mass is 9.99. The molecule has 3 aliphatic rings. The lowest BCUT2D eigenvalue weighted by Crippen LogP contribution is -2.51. The van der Waals surface area contributed by atoms with Crippen molar-refractivity contribution in [2.45, 2.75) is 103 Å². The Hall–Kier alpha value is -4.12. The third-order valence-electron chi connectivity index (χ3n) is 10.5. The summed E-state index contributed by atoms with van der Waals surface area (Å²) in [7, 11) is 1.90. The summed E-state index contributed by atoms with van der Waals surface area (Å²) < 4.78 is 23.7. The van der Waals surface area contributed by atoms with Gasteiger partial charge in [0.1, 0.15) is 11.4 Å². The van der Waals surface area contributed by atoms with Gasteiger partial charge < -0.3 is 29.7 Å². The summed E-state index contributed by atoms with van der Waals surface area (Å²) in [4.78, 5) is 38.0. The van der Waals surface area contributed by atoms with Gasteiger partial charge in [-0.1, -0.05) is 6.08 Å². The van der Waals surface area contributed by atoms with Gasteiger partial charge in [0.25, 0.3) is 0 Å². The van der Waals surface area contributed by atoms with Crippen LogP contribution in [0.5, 0.6) is 0 Å². The molecule has 1 aromatic carbocycles. The minimum Gasteiger partial charge on any atom is -0.444 e. The molecule has 276 valence electrons. The maximum Gasteiger partial charge on any atom is 0.407 e. The molecular formula is C40H56FN7O3. The number of amides is 1. The normalized spacial score (nSPS) is 20.4. The lowest BCUT2D eigenvalue weighted by molar-refractivity contribution is 0.0520. The van der Waals surface area contributed by atoms with Gasteiger partial charge in [0.05, 0.1) is 23.1 Å². The van der Waals surface area contributed by atoms with E-state index in [1.807, 2.05) is 58.1 Å². The highest BCUT2D eigenvalue weighted by molar-refractivity contribution is 5.84. The van der Waals surface area contributed by atoms with Crippen LogP contribution in [0.25, 0.3) is 10.9 Å². The number of ether oxygens (including phenoxy) is 1. The summed E-state index contributed by atoms with van der Waals surface area (Å²) in [6.07, 6.45) is 13.6. The Morgan fingerprint density at radius 3 is 2.65 bits per heavy atom. The second-order valence-corrected chi connectivity index (χ2v) is 15.8. The van der Waals surface area contributed by atoms with Crippen LogP contribution in [0.3, 0.4) is 0 Å². The second-order valence-electron chi connectivity index (χ2n) is 15.8. The highest BCUT2D eigenvalue weighted by Gasteiger charge is 2.32. The van der Waals surface area contributed by atoms with E-state index in [1.165, 1.54) is 6.07 Å². The molecule has 2 aliphatic heterocycles. The third-order valence-corrected chi connectivity index (χ3v) is 10.5. The molecule has 51 heavy (non-hydrogen) atoms. The predicted molar refractivity (Wildman–Crippen MR) is 203 cm³/mol. The molecular weight excluding hydrogens is 645 g/mol. The van der Waals surface area contributed by atoms with E-state index in [0.29, 0.717) is 43.3 Å². The molecule has 6 rings (SSSR count). The molecule has 0 bridgehead atoms. The highest BCUT2D eigenvalue weighted by atomic mass is 19.1. The van der Waals surface area contributed by atoms with Gasteiger partial charge in [0.15, 0.2) is 5.43 Å². The minimum absolute atomic E-state index is 0.0911. The zero-order valence-electron chi connectivity index (χ0n) is 31.3. The highest BCUT2D eigenvalue weighted by Crippen LogP contribution is 2.39. The van der Waals surface area contributed by atoms with Gasteiger partial charge >= 0.3 is 6.09 Å². The fourth-order valence-electron chi connectivity index (χ4n) is 7.65. The molecule has 0 radical (unpaired) electrons. The van der Waals surface area contributed by atoms with Gasteiger partial charge in [0, 0.05) is 87.3 Å². The molecule has 1 unspecified atom stereocenters. The van der Waals surface area contributed by atoms with Crippen molar-refractivity contribution in [2.75, 3.05) is 49.6 Å². The number of benzene rings is 1. The molecule has 2 N–H and O–H groups in total. The first-order chi connectivity index (χ1) is 24.4. The van der Waals surface area contributed by atoms with Crippen molar-refractivity contribution in [3.63, 3.8) is 0 Å². The van der Waals surface area contributed by atoms with E-state index in [1.54, 1.807) is 0 Å². The number of hydrogen-bond donors (Lipinski definition) is 2. The van der Waals surface area contributed by atoms with Crippen molar-refractivity contribution in [1.29, 1.82) is 0 Å². The minimum atomic E-state index is -0.561. The smallest absolute Gasteiger partial charge is 0.407 e. The Morgan fingerprint density at radius 2 is 1.94 bits per heavy atom. The van der Waals surface area contributed by atoms with E-state index in [4.69, 9.17) is 4.74 Å². The van der Waals surface area contributed by atoms with Crippen LogP contribution in [0.15, 0.2) is 53.7 Å². The fraction of sp³-hybridized carbons (Fsp3) is 0.575. The number of piperidine rings is 1. The van der Waals surface area contributed by atoms with Gasteiger partial charge in [-0.05, 0) is 110 Å². The Labute approximate surface area is 302 Å². The Kier molecular flexibility index (Phi) is 11.2. The number of halogens is 1. The van der Waals surface area contributed by atoms with E-state index in [0.717, 1.165) is 74.1 Å². The van der Waals surface area contributed by atoms with Crippen molar-refractivity contribution in [2.24, 2.45) is 5.92 Å². The van der Waals surface area contributed by atoms with E-state index in [2.05, 4.69) is 61.3 Å². The predicted octanol–water partition coefficient (Wildman–Crippen LogP) is 6.51. The topological polar surface area (TPSA) is 95.0 Å². The SMILES string of the molecule is CN/C=C\CC(C)N(Cc1cn(C2CC2)c2cc(N3CC[C@@H](CNC(=O)OC(C)(C)C)C3)c(F)cc2c1=O)[C@H]1CCCN(c2ccc(C)nc2)C1. The van der Waals surface area contributed by atoms with Crippen LogP contribution in [-0.2, 0) is 11.3 Å². The molecule has 3 fully saturated rings. The summed E-state index contributed by atoms with van der Waals surface area (Å²) in [6, 6.07) is 8.30. The van der Waals surface area contributed by atoms with Gasteiger partial charge in [-0.15, -0.1) is 0 Å². The maximum atomic E-state index is 16.0. The number of nitrogens with one attached hydrogen (secondary N) is 2. The molecule has 10 nitrogen and oxygen atoms in total. The van der Waals surface area contributed by atoms with Gasteiger partial charge in [-0.25, -0.2) is 9.18 Å². The lowest BCUT2D eigenvalue weighted by Gasteiger charge is -2.43. The summed E-state index contributed by atoms with van der Waals surface area (Å²) in [5, 5.41) is 6.42. The Morgan fingerprint density at radius 1 is 1.14 bits per heavy atom. The summed E-state index contributed by atoms with van der Waals surface area (Å²) >= 11 is 0. The first-order valence-electron chi connectivity index (χ1n) is 18.7. The number of pyridine rings is 2. The van der Waals surface area contributed by atoms with Crippen molar-refractivity contribution in [1.82, 2.24) is 25.1 Å². The average Bonchev–Trinajstić information content (AvgIpc) is 3.83. The van der Waals surface area contributed by atoms with Crippen LogP contribution >= 0.6 is 0 Å².